The number of imidazole rings is 1. The van der Waals surface area contributed by atoms with Crippen LogP contribution < -0.4 is 5.32 Å². The Hall–Kier alpha value is -2.63. The van der Waals surface area contributed by atoms with Crippen LogP contribution in [0.15, 0.2) is 36.7 Å². The largest absolute Gasteiger partial charge is 0.353 e. The molecule has 132 valence electrons. The highest BCUT2D eigenvalue weighted by atomic mass is 16.2. The predicted octanol–water partition coefficient (Wildman–Crippen LogP) is 2.60. The van der Waals surface area contributed by atoms with Crippen molar-refractivity contribution in [3.8, 4) is 11.4 Å². The zero-order valence-electron chi connectivity index (χ0n) is 14.7. The summed E-state index contributed by atoms with van der Waals surface area (Å²) in [5.74, 6) is 0.879. The van der Waals surface area contributed by atoms with E-state index in [4.69, 9.17) is 0 Å². The van der Waals surface area contributed by atoms with E-state index in [0.29, 0.717) is 12.0 Å². The summed E-state index contributed by atoms with van der Waals surface area (Å²) in [5.41, 5.74) is 1.62. The first kappa shape index (κ1) is 17.2. The van der Waals surface area contributed by atoms with Gasteiger partial charge in [-0.25, -0.2) is 4.98 Å². The second-order valence-electron chi connectivity index (χ2n) is 6.52. The van der Waals surface area contributed by atoms with Gasteiger partial charge in [0.1, 0.15) is 5.82 Å². The third-order valence-electron chi connectivity index (χ3n) is 4.86. The lowest BCUT2D eigenvalue weighted by Gasteiger charge is -2.25. The van der Waals surface area contributed by atoms with Crippen molar-refractivity contribution >= 4 is 11.8 Å². The molecule has 1 fully saturated rings. The molecule has 1 aromatic carbocycles. The van der Waals surface area contributed by atoms with E-state index in [1.165, 1.54) is 0 Å². The van der Waals surface area contributed by atoms with E-state index in [1.807, 2.05) is 38.2 Å². The van der Waals surface area contributed by atoms with Crippen molar-refractivity contribution in [2.75, 3.05) is 7.05 Å². The molecule has 1 aliphatic rings. The monoisotopic (exact) mass is 340 g/mol. The average Bonchev–Trinajstić information content (AvgIpc) is 3.32. The molecule has 0 spiro atoms. The van der Waals surface area contributed by atoms with Gasteiger partial charge in [0.15, 0.2) is 0 Å². The van der Waals surface area contributed by atoms with Gasteiger partial charge >= 0.3 is 0 Å². The van der Waals surface area contributed by atoms with Crippen LogP contribution in [0.4, 0.5) is 0 Å². The Bertz CT molecular complexity index is 724. The number of hydrogen-bond donors (Lipinski definition) is 2. The molecule has 1 aliphatic carbocycles. The minimum Gasteiger partial charge on any atom is -0.353 e. The first-order valence-electron chi connectivity index (χ1n) is 8.74. The molecule has 6 nitrogen and oxygen atoms in total. The van der Waals surface area contributed by atoms with E-state index in [9.17, 15) is 9.59 Å². The van der Waals surface area contributed by atoms with E-state index in [1.54, 1.807) is 17.3 Å². The van der Waals surface area contributed by atoms with Crippen LogP contribution in [0, 0.1) is 0 Å². The molecule has 3 rings (SSSR count). The summed E-state index contributed by atoms with van der Waals surface area (Å²) in [4.78, 5) is 33.3. The van der Waals surface area contributed by atoms with Crippen molar-refractivity contribution in [2.24, 2.45) is 0 Å². The lowest BCUT2D eigenvalue weighted by atomic mass is 10.1. The lowest BCUT2D eigenvalue weighted by Crippen LogP contribution is -2.38. The third kappa shape index (κ3) is 3.90. The van der Waals surface area contributed by atoms with Crippen LogP contribution in [0.25, 0.3) is 11.4 Å². The number of benzene rings is 1. The lowest BCUT2D eigenvalue weighted by molar-refractivity contribution is -0.121. The van der Waals surface area contributed by atoms with Crippen molar-refractivity contribution in [3.05, 3.63) is 42.2 Å². The minimum atomic E-state index is 0.0125. The molecule has 6 heteroatoms. The fourth-order valence-corrected chi connectivity index (χ4v) is 3.33. The topological polar surface area (TPSA) is 78.1 Å². The van der Waals surface area contributed by atoms with Crippen LogP contribution in [0.3, 0.4) is 0 Å². The number of H-pyrrole nitrogens is 1. The summed E-state index contributed by atoms with van der Waals surface area (Å²) < 4.78 is 0. The van der Waals surface area contributed by atoms with Gasteiger partial charge in [0.25, 0.3) is 5.91 Å². The molecule has 2 unspecified atom stereocenters. The van der Waals surface area contributed by atoms with Crippen molar-refractivity contribution in [3.63, 3.8) is 0 Å². The maximum atomic E-state index is 12.7. The van der Waals surface area contributed by atoms with Crippen LogP contribution in [0.5, 0.6) is 0 Å². The smallest absolute Gasteiger partial charge is 0.253 e. The Kier molecular flexibility index (Phi) is 5.16. The van der Waals surface area contributed by atoms with Gasteiger partial charge in [-0.15, -0.1) is 0 Å². The Balaban J connectivity index is 1.62. The van der Waals surface area contributed by atoms with Gasteiger partial charge in [-0.1, -0.05) is 19.1 Å². The van der Waals surface area contributed by atoms with E-state index < -0.39 is 0 Å². The van der Waals surface area contributed by atoms with Gasteiger partial charge in [0, 0.05) is 49.1 Å². The van der Waals surface area contributed by atoms with Crippen LogP contribution in [0.2, 0.25) is 0 Å². The molecule has 2 aromatic rings. The molecule has 0 saturated heterocycles. The third-order valence-corrected chi connectivity index (χ3v) is 4.86. The molecule has 2 atom stereocenters. The zero-order chi connectivity index (χ0) is 17.8. The predicted molar refractivity (Wildman–Crippen MR) is 96.0 cm³/mol. The highest BCUT2D eigenvalue weighted by Crippen LogP contribution is 2.25. The van der Waals surface area contributed by atoms with Crippen molar-refractivity contribution in [2.45, 2.75) is 44.7 Å². The van der Waals surface area contributed by atoms with Crippen LogP contribution >= 0.6 is 0 Å². The maximum Gasteiger partial charge on any atom is 0.253 e. The number of nitrogens with one attached hydrogen (secondary N) is 2. The maximum absolute atomic E-state index is 12.7. The van der Waals surface area contributed by atoms with Gasteiger partial charge in [-0.2, -0.15) is 0 Å². The summed E-state index contributed by atoms with van der Waals surface area (Å²) in [6.45, 7) is 1.85. The Morgan fingerprint density at radius 3 is 2.68 bits per heavy atom. The van der Waals surface area contributed by atoms with Crippen molar-refractivity contribution in [1.82, 2.24) is 20.2 Å². The van der Waals surface area contributed by atoms with Crippen molar-refractivity contribution < 1.29 is 9.59 Å². The molecule has 0 radical (unpaired) electrons. The zero-order valence-corrected chi connectivity index (χ0v) is 14.7. The second kappa shape index (κ2) is 7.51. The molecule has 2 N–H and O–H groups in total. The molecule has 1 heterocycles. The molecular weight excluding hydrogens is 316 g/mol. The van der Waals surface area contributed by atoms with Crippen LogP contribution in [-0.4, -0.2) is 45.8 Å². The van der Waals surface area contributed by atoms with E-state index >= 15 is 0 Å². The van der Waals surface area contributed by atoms with Gasteiger partial charge in [-0.05, 0) is 31.4 Å². The highest BCUT2D eigenvalue weighted by Gasteiger charge is 2.30. The molecular formula is C19H24N4O2. The van der Waals surface area contributed by atoms with Gasteiger partial charge in [-0.3, -0.25) is 9.59 Å². The van der Waals surface area contributed by atoms with Gasteiger partial charge < -0.3 is 15.2 Å². The van der Waals surface area contributed by atoms with E-state index in [2.05, 4.69) is 15.3 Å². The van der Waals surface area contributed by atoms with E-state index in [0.717, 1.165) is 30.7 Å². The number of carbonyl (C=O) groups is 2. The number of aromatic nitrogens is 2. The Labute approximate surface area is 147 Å². The molecule has 2 amide bonds. The number of rotatable bonds is 5. The first-order valence-corrected chi connectivity index (χ1v) is 8.74. The number of nitrogens with zero attached hydrogens (tertiary/aromatic N) is 2. The summed E-state index contributed by atoms with van der Waals surface area (Å²) >= 11 is 0. The molecule has 0 aliphatic heterocycles. The van der Waals surface area contributed by atoms with Gasteiger partial charge in [0.2, 0.25) is 5.91 Å². The Morgan fingerprint density at radius 1 is 1.28 bits per heavy atom. The first-order chi connectivity index (χ1) is 12.1. The fourth-order valence-electron chi connectivity index (χ4n) is 3.33. The molecule has 25 heavy (non-hydrogen) atoms. The Morgan fingerprint density at radius 2 is 2.04 bits per heavy atom. The SMILES string of the molecule is CCC(=O)NC1CCC(N(C)C(=O)c2ccc(-c3ncc[nH]3)cc2)C1. The number of hydrogen-bond acceptors (Lipinski definition) is 3. The fraction of sp³-hybridized carbons (Fsp3) is 0.421. The number of aromatic amines is 1. The number of carbonyl (C=O) groups excluding carboxylic acids is 2. The normalized spacial score (nSPS) is 19.6. The summed E-state index contributed by atoms with van der Waals surface area (Å²) in [6, 6.07) is 7.81. The average molecular weight is 340 g/mol. The summed E-state index contributed by atoms with van der Waals surface area (Å²) in [5, 5.41) is 3.03. The summed E-state index contributed by atoms with van der Waals surface area (Å²) in [6.07, 6.45) is 6.63. The minimum absolute atomic E-state index is 0.0125. The molecule has 1 aromatic heterocycles. The standard InChI is InChI=1S/C19H24N4O2/c1-3-17(24)22-15-8-9-16(12-15)23(2)19(25)14-6-4-13(5-7-14)18-20-10-11-21-18/h4-7,10-11,15-16H,3,8-9,12H2,1-2H3,(H,20,21)(H,22,24). The van der Waals surface area contributed by atoms with E-state index in [-0.39, 0.29) is 23.9 Å². The number of amides is 2. The van der Waals surface area contributed by atoms with Gasteiger partial charge in [0.05, 0.1) is 0 Å². The quantitative estimate of drug-likeness (QED) is 0.878. The van der Waals surface area contributed by atoms with Crippen molar-refractivity contribution in [1.29, 1.82) is 0 Å². The molecule has 1 saturated carbocycles. The van der Waals surface area contributed by atoms with Crippen LogP contribution in [0.1, 0.15) is 43.0 Å². The second-order valence-corrected chi connectivity index (χ2v) is 6.52. The highest BCUT2D eigenvalue weighted by molar-refractivity contribution is 5.94. The summed E-state index contributed by atoms with van der Waals surface area (Å²) in [7, 11) is 1.84. The molecule has 0 bridgehead atoms. The van der Waals surface area contributed by atoms with Crippen LogP contribution in [-0.2, 0) is 4.79 Å².